The molecule has 0 aromatic heterocycles. The molecule has 0 fully saturated rings. The Bertz CT molecular complexity index is 184. The maximum Gasteiger partial charge on any atom is 0.439 e. The van der Waals surface area contributed by atoms with Gasteiger partial charge in [0.2, 0.25) is 0 Å². The molecule has 76 valence electrons. The van der Waals surface area contributed by atoms with Gasteiger partial charge in [0.1, 0.15) is 0 Å². The van der Waals surface area contributed by atoms with Crippen molar-refractivity contribution in [2.45, 2.75) is 39.0 Å². The van der Waals surface area contributed by atoms with E-state index < -0.39 is 8.32 Å². The zero-order chi connectivity index (χ0) is 10.3. The van der Waals surface area contributed by atoms with Crippen molar-refractivity contribution in [2.24, 2.45) is 0 Å². The molecule has 0 aromatic rings. The van der Waals surface area contributed by atoms with E-state index in [9.17, 15) is 4.79 Å². The highest BCUT2D eigenvalue weighted by Crippen LogP contribution is 1.96. The first kappa shape index (κ1) is 12.7. The average Bonchev–Trinajstić information content (AvgIpc) is 1.93. The number of hydrogen-bond donors (Lipinski definition) is 0. The Kier molecular flexibility index (Phi) is 6.06. The molecular weight excluding hydrogens is 200 g/mol. The zero-order valence-corrected chi connectivity index (χ0v) is 10.8. The van der Waals surface area contributed by atoms with Crippen LogP contribution in [0.4, 0.5) is 0 Å². The Morgan fingerprint density at radius 1 is 1.46 bits per heavy atom. The summed E-state index contributed by atoms with van der Waals surface area (Å²) in [5.41, 5.74) is 0. The van der Waals surface area contributed by atoms with E-state index in [-0.39, 0.29) is 5.97 Å². The van der Waals surface area contributed by atoms with Gasteiger partial charge in [0.05, 0.1) is 16.0 Å². The predicted molar refractivity (Wildman–Crippen MR) is 55.8 cm³/mol. The van der Waals surface area contributed by atoms with Crippen LogP contribution in [0.3, 0.4) is 0 Å². The molecule has 0 radical (unpaired) electrons. The van der Waals surface area contributed by atoms with E-state index in [1.54, 1.807) is 0 Å². The van der Waals surface area contributed by atoms with Crippen molar-refractivity contribution in [1.82, 2.24) is 0 Å². The van der Waals surface area contributed by atoms with Crippen molar-refractivity contribution in [1.29, 1.82) is 0 Å². The molecule has 3 nitrogen and oxygen atoms in total. The maximum absolute atomic E-state index is 10.4. The van der Waals surface area contributed by atoms with Crippen LogP contribution >= 0.6 is 0 Å². The summed E-state index contributed by atoms with van der Waals surface area (Å²) >= 11 is 0. The third kappa shape index (κ3) is 11.7. The number of carbonyl (C=O) groups is 1. The van der Waals surface area contributed by atoms with Crippen LogP contribution in [-0.4, -0.2) is 30.3 Å². The average molecular weight is 218 g/mol. The summed E-state index contributed by atoms with van der Waals surface area (Å²) in [6.07, 6.45) is 0.905. The lowest BCUT2D eigenvalue weighted by atomic mass is 10.5. The highest BCUT2D eigenvalue weighted by atomic mass is 28.4. The first-order valence-electron chi connectivity index (χ1n) is 4.46. The topological polar surface area (TPSA) is 37.6 Å². The molecule has 0 atom stereocenters. The Morgan fingerprint density at radius 3 is 2.54 bits per heavy atom. The van der Waals surface area contributed by atoms with Crippen molar-refractivity contribution in [3.05, 3.63) is 0 Å². The number of esters is 1. The quantitative estimate of drug-likeness (QED) is 0.305. The van der Waals surface area contributed by atoms with Gasteiger partial charge in [0.25, 0.3) is 0 Å². The fourth-order valence-electron chi connectivity index (χ4n) is 0.628. The first-order chi connectivity index (χ1) is 5.92. The van der Waals surface area contributed by atoms with E-state index in [2.05, 4.69) is 19.6 Å². The van der Waals surface area contributed by atoms with Gasteiger partial charge in [0.15, 0.2) is 0 Å². The molecule has 0 bridgehead atoms. The number of hydrogen-bond acceptors (Lipinski definition) is 2. The van der Waals surface area contributed by atoms with Gasteiger partial charge in [-0.1, -0.05) is 0 Å². The van der Waals surface area contributed by atoms with Crippen molar-refractivity contribution in [3.8, 4) is 0 Å². The van der Waals surface area contributed by atoms with E-state index in [4.69, 9.17) is 8.52 Å². The van der Waals surface area contributed by atoms with Gasteiger partial charge in [-0.3, -0.25) is 4.79 Å². The lowest BCUT2D eigenvalue weighted by Gasteiger charge is -2.06. The molecule has 5 heteroatoms. The molecule has 0 N–H and O–H groups in total. The molecule has 0 aliphatic carbocycles. The minimum absolute atomic E-state index is 0.200. The first-order valence-corrected chi connectivity index (χ1v) is 8.98. The molecule has 0 amide bonds. The van der Waals surface area contributed by atoms with Crippen molar-refractivity contribution in [3.63, 3.8) is 0 Å². The molecule has 0 saturated carbocycles. The summed E-state index contributed by atoms with van der Waals surface area (Å²) in [6, 6.07) is 0.998. The van der Waals surface area contributed by atoms with E-state index >= 15 is 0 Å². The third-order valence-corrected chi connectivity index (χ3v) is 4.69. The highest BCUT2D eigenvalue weighted by molar-refractivity contribution is 6.70. The van der Waals surface area contributed by atoms with Crippen LogP contribution < -0.4 is 0 Å². The molecular formula is C8H18O3Si2. The molecule has 0 rings (SSSR count). The molecule has 0 saturated heterocycles. The molecule has 0 unspecified atom stereocenters. The van der Waals surface area contributed by atoms with Gasteiger partial charge in [0, 0.05) is 26.6 Å². The minimum atomic E-state index is -1.33. The van der Waals surface area contributed by atoms with Gasteiger partial charge in [-0.25, -0.2) is 0 Å². The van der Waals surface area contributed by atoms with Gasteiger partial charge in [-0.05, 0) is 6.42 Å². The Morgan fingerprint density at radius 2 is 2.08 bits per heavy atom. The molecule has 0 heterocycles. The normalized spacial score (nSPS) is 12.0. The second-order valence-corrected chi connectivity index (χ2v) is 9.63. The second-order valence-electron chi connectivity index (χ2n) is 3.80. The molecule has 0 aromatic carbocycles. The smallest absolute Gasteiger partial charge is 0.439 e. The fraction of sp³-hybridized carbons (Fsp3) is 0.875. The van der Waals surface area contributed by atoms with Gasteiger partial charge >= 0.3 is 14.3 Å². The Hall–Kier alpha value is -0.296. The van der Waals surface area contributed by atoms with E-state index in [0.717, 1.165) is 12.5 Å². The standard InChI is InChI=1S/C8H18O3Si2/c1-8(9)10-6-5-7-12-11-13(2,3)4/h5-7H2,1-4H3. The molecule has 0 aliphatic rings. The maximum atomic E-state index is 10.4. The van der Waals surface area contributed by atoms with E-state index in [1.807, 2.05) is 0 Å². The van der Waals surface area contributed by atoms with Gasteiger partial charge in [-0.2, -0.15) is 0 Å². The minimum Gasteiger partial charge on any atom is -0.690 e. The third-order valence-electron chi connectivity index (χ3n) is 1.11. The van der Waals surface area contributed by atoms with Gasteiger partial charge < -0.3 is 8.52 Å². The summed E-state index contributed by atoms with van der Waals surface area (Å²) in [7, 11) is -0.777. The predicted octanol–water partition coefficient (Wildman–Crippen LogP) is 1.78. The van der Waals surface area contributed by atoms with E-state index in [1.165, 1.54) is 6.92 Å². The van der Waals surface area contributed by atoms with Crippen LogP contribution in [0, 0.1) is 0 Å². The SMILES string of the molecule is CC(=O)OCCC[Si-]=[O+][Si](C)(C)C. The fourth-order valence-corrected chi connectivity index (χ4v) is 3.06. The number of carbonyl (C=O) groups excluding carboxylic acids is 1. The largest absolute Gasteiger partial charge is 0.690 e. The monoisotopic (exact) mass is 218 g/mol. The zero-order valence-electron chi connectivity index (χ0n) is 8.85. The van der Waals surface area contributed by atoms with E-state index in [0.29, 0.717) is 16.0 Å². The highest BCUT2D eigenvalue weighted by Gasteiger charge is 2.20. The lowest BCUT2D eigenvalue weighted by molar-refractivity contribution is -0.140. The lowest BCUT2D eigenvalue weighted by Crippen LogP contribution is -2.21. The summed E-state index contributed by atoms with van der Waals surface area (Å²) in [6.45, 7) is 8.47. The Balaban J connectivity index is 3.36. The van der Waals surface area contributed by atoms with Crippen LogP contribution in [0.25, 0.3) is 0 Å². The van der Waals surface area contributed by atoms with Crippen LogP contribution in [0.1, 0.15) is 13.3 Å². The van der Waals surface area contributed by atoms with Crippen molar-refractivity contribution < 1.29 is 13.3 Å². The van der Waals surface area contributed by atoms with Crippen LogP contribution in [-0.2, 0) is 13.3 Å². The summed E-state index contributed by atoms with van der Waals surface area (Å²) in [4.78, 5) is 10.4. The summed E-state index contributed by atoms with van der Waals surface area (Å²) in [5.74, 6) is -0.200. The van der Waals surface area contributed by atoms with Crippen LogP contribution in [0.15, 0.2) is 0 Å². The molecule has 0 spiro atoms. The summed E-state index contributed by atoms with van der Waals surface area (Å²) < 4.78 is 10.5. The van der Waals surface area contributed by atoms with Crippen molar-refractivity contribution in [2.75, 3.05) is 6.61 Å². The van der Waals surface area contributed by atoms with Crippen LogP contribution in [0.5, 0.6) is 0 Å². The molecule has 13 heavy (non-hydrogen) atoms. The van der Waals surface area contributed by atoms with Gasteiger partial charge in [-0.15, -0.1) is 6.04 Å². The van der Waals surface area contributed by atoms with Crippen molar-refractivity contribution >= 4 is 23.7 Å². The van der Waals surface area contributed by atoms with Crippen LogP contribution in [0.2, 0.25) is 25.7 Å². The number of rotatable bonds is 5. The summed E-state index contributed by atoms with van der Waals surface area (Å²) in [5, 5.41) is 0. The number of ether oxygens (including phenoxy) is 1. The molecule has 0 aliphatic heterocycles. The second kappa shape index (κ2) is 6.20. The Labute approximate surface area is 83.2 Å².